The highest BCUT2D eigenvalue weighted by Crippen LogP contribution is 2.31. The number of amides is 1. The molecule has 1 rings (SSSR count). The van der Waals surface area contributed by atoms with E-state index in [1.165, 1.54) is 0 Å². The molecule has 1 aliphatic carbocycles. The quantitative estimate of drug-likeness (QED) is 0.761. The summed E-state index contributed by atoms with van der Waals surface area (Å²) in [6.45, 7) is 6.21. The van der Waals surface area contributed by atoms with Gasteiger partial charge < -0.3 is 16.2 Å². The van der Waals surface area contributed by atoms with Crippen molar-refractivity contribution < 1.29 is 9.53 Å². The minimum absolute atomic E-state index is 0.0567. The van der Waals surface area contributed by atoms with Crippen molar-refractivity contribution >= 4 is 5.91 Å². The predicted molar refractivity (Wildman–Crippen MR) is 63.8 cm³/mol. The first-order chi connectivity index (χ1) is 7.29. The van der Waals surface area contributed by atoms with Gasteiger partial charge in [-0.2, -0.15) is 0 Å². The molecule has 0 spiro atoms. The Hall–Kier alpha value is -0.610. The van der Waals surface area contributed by atoms with Crippen LogP contribution in [0.5, 0.6) is 0 Å². The molecule has 1 fully saturated rings. The maximum atomic E-state index is 11.3. The van der Waals surface area contributed by atoms with E-state index in [1.807, 2.05) is 0 Å². The van der Waals surface area contributed by atoms with E-state index < -0.39 is 11.4 Å². The van der Waals surface area contributed by atoms with Gasteiger partial charge in [-0.3, -0.25) is 4.79 Å². The molecule has 2 unspecified atom stereocenters. The summed E-state index contributed by atoms with van der Waals surface area (Å²) >= 11 is 0. The number of carbonyl (C=O) groups is 1. The molecule has 0 aromatic carbocycles. The molecule has 4 N–H and O–H groups in total. The van der Waals surface area contributed by atoms with Crippen molar-refractivity contribution in [1.82, 2.24) is 0 Å². The Kier molecular flexibility index (Phi) is 3.97. The van der Waals surface area contributed by atoms with Crippen LogP contribution < -0.4 is 11.5 Å². The molecule has 0 bridgehead atoms. The summed E-state index contributed by atoms with van der Waals surface area (Å²) in [7, 11) is 0. The molecule has 16 heavy (non-hydrogen) atoms. The molecule has 0 aromatic rings. The zero-order valence-corrected chi connectivity index (χ0v) is 10.6. The Labute approximate surface area is 97.7 Å². The molecule has 0 aromatic heterocycles. The monoisotopic (exact) mass is 228 g/mol. The largest absolute Gasteiger partial charge is 0.372 e. The number of primary amides is 1. The predicted octanol–water partition coefficient (Wildman–Crippen LogP) is 1.32. The molecule has 1 aliphatic rings. The molecule has 0 aliphatic heterocycles. The van der Waals surface area contributed by atoms with Gasteiger partial charge in [-0.25, -0.2) is 0 Å². The van der Waals surface area contributed by atoms with E-state index in [0.29, 0.717) is 12.8 Å². The highest BCUT2D eigenvalue weighted by molar-refractivity contribution is 5.84. The van der Waals surface area contributed by atoms with Gasteiger partial charge in [0.05, 0.1) is 17.2 Å². The van der Waals surface area contributed by atoms with Crippen molar-refractivity contribution in [3.63, 3.8) is 0 Å². The molecule has 1 amide bonds. The molecule has 1 saturated carbocycles. The topological polar surface area (TPSA) is 78.3 Å². The van der Waals surface area contributed by atoms with Crippen molar-refractivity contribution in [1.29, 1.82) is 0 Å². The van der Waals surface area contributed by atoms with Crippen LogP contribution in [0, 0.1) is 0 Å². The van der Waals surface area contributed by atoms with Crippen LogP contribution in [0.4, 0.5) is 0 Å². The fraction of sp³-hybridized carbons (Fsp3) is 0.917. The third-order valence-electron chi connectivity index (χ3n) is 3.57. The van der Waals surface area contributed by atoms with Gasteiger partial charge in [0.2, 0.25) is 5.91 Å². The second-order valence-electron chi connectivity index (χ2n) is 5.47. The third kappa shape index (κ3) is 3.19. The summed E-state index contributed by atoms with van der Waals surface area (Å²) in [4.78, 5) is 11.3. The van der Waals surface area contributed by atoms with E-state index in [4.69, 9.17) is 16.2 Å². The summed E-state index contributed by atoms with van der Waals surface area (Å²) in [5.41, 5.74) is 10.3. The number of rotatable bonds is 4. The van der Waals surface area contributed by atoms with E-state index >= 15 is 0 Å². The Morgan fingerprint density at radius 3 is 2.69 bits per heavy atom. The van der Waals surface area contributed by atoms with Crippen molar-refractivity contribution in [2.24, 2.45) is 11.5 Å². The van der Waals surface area contributed by atoms with Gasteiger partial charge in [0, 0.05) is 6.42 Å². The van der Waals surface area contributed by atoms with Crippen LogP contribution in [-0.2, 0) is 9.53 Å². The van der Waals surface area contributed by atoms with Crippen LogP contribution in [-0.4, -0.2) is 23.2 Å². The van der Waals surface area contributed by atoms with Gasteiger partial charge >= 0.3 is 0 Å². The van der Waals surface area contributed by atoms with E-state index in [9.17, 15) is 4.79 Å². The minimum Gasteiger partial charge on any atom is -0.372 e. The van der Waals surface area contributed by atoms with E-state index in [1.54, 1.807) is 0 Å². The zero-order chi connectivity index (χ0) is 12.4. The number of hydrogen-bond donors (Lipinski definition) is 2. The normalized spacial score (nSPS) is 31.4. The lowest BCUT2D eigenvalue weighted by atomic mass is 9.80. The van der Waals surface area contributed by atoms with Crippen LogP contribution in [0.15, 0.2) is 0 Å². The van der Waals surface area contributed by atoms with E-state index in [2.05, 4.69) is 20.8 Å². The summed E-state index contributed by atoms with van der Waals surface area (Å²) in [6.07, 6.45) is 4.10. The number of carbonyl (C=O) groups excluding carboxylic acids is 1. The van der Waals surface area contributed by atoms with E-state index in [-0.39, 0.29) is 11.7 Å². The first kappa shape index (κ1) is 13.5. The molecule has 4 heteroatoms. The highest BCUT2D eigenvalue weighted by Gasteiger charge is 2.39. The Morgan fingerprint density at radius 1 is 1.56 bits per heavy atom. The lowest BCUT2D eigenvalue weighted by Gasteiger charge is -2.39. The average Bonchev–Trinajstić information content (AvgIpc) is 2.17. The first-order valence-electron chi connectivity index (χ1n) is 6.06. The number of nitrogens with two attached hydrogens (primary N) is 2. The first-order valence-corrected chi connectivity index (χ1v) is 6.06. The maximum absolute atomic E-state index is 11.3. The fourth-order valence-electron chi connectivity index (χ4n) is 2.11. The molecule has 2 atom stereocenters. The molecule has 0 heterocycles. The number of hydrogen-bond acceptors (Lipinski definition) is 3. The van der Waals surface area contributed by atoms with Crippen molar-refractivity contribution in [2.75, 3.05) is 0 Å². The van der Waals surface area contributed by atoms with Gasteiger partial charge in [-0.1, -0.05) is 6.92 Å². The molecule has 0 saturated heterocycles. The van der Waals surface area contributed by atoms with Crippen LogP contribution in [0.2, 0.25) is 0 Å². The van der Waals surface area contributed by atoms with Gasteiger partial charge in [0.25, 0.3) is 0 Å². The molecule has 4 nitrogen and oxygen atoms in total. The minimum atomic E-state index is -0.868. The lowest BCUT2D eigenvalue weighted by Crippen LogP contribution is -2.56. The summed E-state index contributed by atoms with van der Waals surface area (Å²) < 4.78 is 5.99. The van der Waals surface area contributed by atoms with Gasteiger partial charge in [0.1, 0.15) is 0 Å². The second kappa shape index (κ2) is 4.72. The highest BCUT2D eigenvalue weighted by atomic mass is 16.5. The molecule has 0 radical (unpaired) electrons. The van der Waals surface area contributed by atoms with Gasteiger partial charge in [0.15, 0.2) is 0 Å². The molecule has 94 valence electrons. The maximum Gasteiger partial charge on any atom is 0.237 e. The summed E-state index contributed by atoms with van der Waals surface area (Å²) in [5, 5.41) is 0. The standard InChI is InChI=1S/C12H24N2O2/c1-4-11(2,3)16-9-6-5-7-12(14,8-9)10(13)15/h9H,4-8,14H2,1-3H3,(H2,13,15). The third-order valence-corrected chi connectivity index (χ3v) is 3.57. The Balaban J connectivity index is 2.61. The summed E-state index contributed by atoms with van der Waals surface area (Å²) in [6, 6.07) is 0. The SMILES string of the molecule is CCC(C)(C)OC1CCCC(N)(C(N)=O)C1. The zero-order valence-electron chi connectivity index (χ0n) is 10.6. The van der Waals surface area contributed by atoms with Crippen LogP contribution in [0.1, 0.15) is 52.9 Å². The molecular weight excluding hydrogens is 204 g/mol. The van der Waals surface area contributed by atoms with Crippen LogP contribution in [0.25, 0.3) is 0 Å². The van der Waals surface area contributed by atoms with Crippen molar-refractivity contribution in [3.8, 4) is 0 Å². The number of ether oxygens (including phenoxy) is 1. The van der Waals surface area contributed by atoms with Crippen LogP contribution in [0.3, 0.4) is 0 Å². The smallest absolute Gasteiger partial charge is 0.237 e. The molecular formula is C12H24N2O2. The van der Waals surface area contributed by atoms with Crippen LogP contribution >= 0.6 is 0 Å². The summed E-state index contributed by atoms with van der Waals surface area (Å²) in [5.74, 6) is -0.407. The second-order valence-corrected chi connectivity index (χ2v) is 5.47. The average molecular weight is 228 g/mol. The van der Waals surface area contributed by atoms with E-state index in [0.717, 1.165) is 19.3 Å². The lowest BCUT2D eigenvalue weighted by molar-refractivity contribution is -0.132. The van der Waals surface area contributed by atoms with Crippen molar-refractivity contribution in [2.45, 2.75) is 70.1 Å². The Morgan fingerprint density at radius 2 is 2.19 bits per heavy atom. The van der Waals surface area contributed by atoms with Gasteiger partial charge in [-0.05, 0) is 39.5 Å². The Bertz CT molecular complexity index is 266. The fourth-order valence-corrected chi connectivity index (χ4v) is 2.11. The van der Waals surface area contributed by atoms with Gasteiger partial charge in [-0.15, -0.1) is 0 Å². The van der Waals surface area contributed by atoms with Crippen molar-refractivity contribution in [3.05, 3.63) is 0 Å².